The number of hydrogen-bond acceptors (Lipinski definition) is 5. The number of hydrogen-bond donors (Lipinski definition) is 0. The van der Waals surface area contributed by atoms with Crippen molar-refractivity contribution in [3.05, 3.63) is 30.3 Å². The molecule has 0 bridgehead atoms. The van der Waals surface area contributed by atoms with Crippen molar-refractivity contribution < 1.29 is 0 Å². The van der Waals surface area contributed by atoms with Gasteiger partial charge in [0.05, 0.1) is 5.69 Å². The van der Waals surface area contributed by atoms with Crippen molar-refractivity contribution in [2.75, 3.05) is 37.6 Å². The molecule has 2 heterocycles. The number of benzene rings is 1. The van der Waals surface area contributed by atoms with E-state index < -0.39 is 0 Å². The van der Waals surface area contributed by atoms with E-state index in [0.717, 1.165) is 44.2 Å². The Morgan fingerprint density at radius 3 is 2.71 bits per heavy atom. The first-order chi connectivity index (χ1) is 10.4. The molecule has 0 unspecified atom stereocenters. The molecule has 2 aromatic rings. The van der Waals surface area contributed by atoms with Gasteiger partial charge in [0, 0.05) is 19.6 Å². The van der Waals surface area contributed by atoms with Crippen molar-refractivity contribution in [3.8, 4) is 5.69 Å². The molecule has 1 saturated heterocycles. The van der Waals surface area contributed by atoms with Gasteiger partial charge >= 0.3 is 0 Å². The highest BCUT2D eigenvalue weighted by molar-refractivity contribution is 5.40. The SMILES string of the molecule is CCCN1CCCN(c2nnnn2-c2ccccc2)CC1. The van der Waals surface area contributed by atoms with Gasteiger partial charge in [0.2, 0.25) is 5.95 Å². The number of tetrazole rings is 1. The van der Waals surface area contributed by atoms with E-state index in [0.29, 0.717) is 0 Å². The second-order valence-corrected chi connectivity index (χ2v) is 5.41. The molecule has 0 spiro atoms. The lowest BCUT2D eigenvalue weighted by atomic mass is 10.3. The van der Waals surface area contributed by atoms with Crippen LogP contribution >= 0.6 is 0 Å². The van der Waals surface area contributed by atoms with E-state index >= 15 is 0 Å². The maximum atomic E-state index is 4.24. The van der Waals surface area contributed by atoms with Gasteiger partial charge in [-0.25, -0.2) is 0 Å². The Labute approximate surface area is 125 Å². The van der Waals surface area contributed by atoms with E-state index in [1.165, 1.54) is 13.0 Å². The van der Waals surface area contributed by atoms with Crippen molar-refractivity contribution in [1.29, 1.82) is 0 Å². The van der Waals surface area contributed by atoms with Crippen molar-refractivity contribution in [2.45, 2.75) is 19.8 Å². The molecule has 0 N–H and O–H groups in total. The first-order valence-corrected chi connectivity index (χ1v) is 7.69. The highest BCUT2D eigenvalue weighted by Crippen LogP contribution is 2.17. The summed E-state index contributed by atoms with van der Waals surface area (Å²) >= 11 is 0. The molecule has 3 rings (SSSR count). The summed E-state index contributed by atoms with van der Waals surface area (Å²) in [6, 6.07) is 10.1. The fraction of sp³-hybridized carbons (Fsp3) is 0.533. The Hall–Kier alpha value is -1.95. The van der Waals surface area contributed by atoms with Gasteiger partial charge < -0.3 is 9.80 Å². The molecule has 0 atom stereocenters. The van der Waals surface area contributed by atoms with Crippen molar-refractivity contribution >= 4 is 5.95 Å². The Kier molecular flexibility index (Phi) is 4.45. The van der Waals surface area contributed by atoms with E-state index in [1.807, 2.05) is 35.0 Å². The summed E-state index contributed by atoms with van der Waals surface area (Å²) in [4.78, 5) is 4.82. The largest absolute Gasteiger partial charge is 0.338 e. The molecule has 0 amide bonds. The minimum atomic E-state index is 0.847. The fourth-order valence-corrected chi connectivity index (χ4v) is 2.83. The van der Waals surface area contributed by atoms with Gasteiger partial charge in [-0.15, -0.1) is 0 Å². The van der Waals surface area contributed by atoms with Gasteiger partial charge in [-0.3, -0.25) is 0 Å². The first-order valence-electron chi connectivity index (χ1n) is 7.69. The molecular weight excluding hydrogens is 264 g/mol. The van der Waals surface area contributed by atoms with Crippen LogP contribution in [0.3, 0.4) is 0 Å². The average Bonchev–Trinajstić information content (AvgIpc) is 2.90. The Morgan fingerprint density at radius 2 is 1.90 bits per heavy atom. The van der Waals surface area contributed by atoms with E-state index in [-0.39, 0.29) is 0 Å². The van der Waals surface area contributed by atoms with Crippen LogP contribution in [0.25, 0.3) is 5.69 Å². The maximum Gasteiger partial charge on any atom is 0.250 e. The molecule has 0 radical (unpaired) electrons. The third-order valence-corrected chi connectivity index (χ3v) is 3.87. The fourth-order valence-electron chi connectivity index (χ4n) is 2.83. The third kappa shape index (κ3) is 3.21. The lowest BCUT2D eigenvalue weighted by Crippen LogP contribution is -2.32. The standard InChI is InChI=1S/C15H22N6/c1-2-9-19-10-6-11-20(13-12-19)15-16-17-18-21(15)14-7-4-3-5-8-14/h3-5,7-8H,2,6,9-13H2,1H3. The summed E-state index contributed by atoms with van der Waals surface area (Å²) < 4.78 is 1.83. The van der Waals surface area contributed by atoms with Gasteiger partial charge in [0.1, 0.15) is 0 Å². The van der Waals surface area contributed by atoms with Gasteiger partial charge in [-0.2, -0.15) is 4.68 Å². The third-order valence-electron chi connectivity index (χ3n) is 3.87. The lowest BCUT2D eigenvalue weighted by Gasteiger charge is -2.21. The predicted octanol–water partition coefficient (Wildman–Crippen LogP) is 1.58. The molecule has 1 aliphatic rings. The summed E-state index contributed by atoms with van der Waals surface area (Å²) in [5.41, 5.74) is 1.01. The number of nitrogens with zero attached hydrogens (tertiary/aromatic N) is 6. The second-order valence-electron chi connectivity index (χ2n) is 5.41. The van der Waals surface area contributed by atoms with Crippen LogP contribution in [-0.4, -0.2) is 57.8 Å². The van der Waals surface area contributed by atoms with Crippen LogP contribution in [0.4, 0.5) is 5.95 Å². The zero-order valence-corrected chi connectivity index (χ0v) is 12.5. The van der Waals surface area contributed by atoms with Crippen LogP contribution in [0.5, 0.6) is 0 Å². The number of para-hydroxylation sites is 1. The summed E-state index contributed by atoms with van der Waals surface area (Å²) in [6.45, 7) is 7.64. The van der Waals surface area contributed by atoms with Crippen molar-refractivity contribution in [1.82, 2.24) is 25.1 Å². The van der Waals surface area contributed by atoms with Crippen LogP contribution in [0.2, 0.25) is 0 Å². The molecule has 112 valence electrons. The maximum absolute atomic E-state index is 4.24. The summed E-state index contributed by atoms with van der Waals surface area (Å²) in [5, 5.41) is 12.3. The zero-order valence-electron chi connectivity index (χ0n) is 12.5. The molecule has 1 aromatic carbocycles. The molecular formula is C15H22N6. The lowest BCUT2D eigenvalue weighted by molar-refractivity contribution is 0.294. The van der Waals surface area contributed by atoms with Crippen LogP contribution in [0, 0.1) is 0 Å². The molecule has 21 heavy (non-hydrogen) atoms. The minimum Gasteiger partial charge on any atom is -0.338 e. The van der Waals surface area contributed by atoms with E-state index in [9.17, 15) is 0 Å². The summed E-state index contributed by atoms with van der Waals surface area (Å²) in [6.07, 6.45) is 2.36. The van der Waals surface area contributed by atoms with E-state index in [2.05, 4.69) is 32.2 Å². The molecule has 6 heteroatoms. The highest BCUT2D eigenvalue weighted by atomic mass is 15.6. The Bertz CT molecular complexity index is 552. The Balaban J connectivity index is 1.77. The molecule has 1 aromatic heterocycles. The van der Waals surface area contributed by atoms with Crippen LogP contribution in [0.15, 0.2) is 30.3 Å². The number of aromatic nitrogens is 4. The monoisotopic (exact) mass is 286 g/mol. The molecule has 1 fully saturated rings. The smallest absolute Gasteiger partial charge is 0.250 e. The van der Waals surface area contributed by atoms with Crippen LogP contribution in [-0.2, 0) is 0 Å². The minimum absolute atomic E-state index is 0.847. The van der Waals surface area contributed by atoms with Crippen molar-refractivity contribution in [3.63, 3.8) is 0 Å². The highest BCUT2D eigenvalue weighted by Gasteiger charge is 2.20. The van der Waals surface area contributed by atoms with E-state index in [1.54, 1.807) is 0 Å². The molecule has 6 nitrogen and oxygen atoms in total. The first kappa shape index (κ1) is 14.0. The number of rotatable bonds is 4. The van der Waals surface area contributed by atoms with Crippen molar-refractivity contribution in [2.24, 2.45) is 0 Å². The van der Waals surface area contributed by atoms with Gasteiger partial charge in [-0.1, -0.05) is 30.2 Å². The summed E-state index contributed by atoms with van der Waals surface area (Å²) in [7, 11) is 0. The zero-order chi connectivity index (χ0) is 14.5. The Morgan fingerprint density at radius 1 is 1.05 bits per heavy atom. The molecule has 0 aliphatic carbocycles. The van der Waals surface area contributed by atoms with Crippen LogP contribution < -0.4 is 4.90 Å². The van der Waals surface area contributed by atoms with Crippen LogP contribution in [0.1, 0.15) is 19.8 Å². The van der Waals surface area contributed by atoms with Gasteiger partial charge in [0.15, 0.2) is 0 Å². The average molecular weight is 286 g/mol. The van der Waals surface area contributed by atoms with Gasteiger partial charge in [0.25, 0.3) is 0 Å². The predicted molar refractivity (Wildman–Crippen MR) is 82.7 cm³/mol. The second kappa shape index (κ2) is 6.67. The number of anilines is 1. The summed E-state index contributed by atoms with van der Waals surface area (Å²) in [5.74, 6) is 0.847. The molecule has 1 aliphatic heterocycles. The van der Waals surface area contributed by atoms with Gasteiger partial charge in [-0.05, 0) is 48.5 Å². The normalized spacial score (nSPS) is 16.9. The molecule has 0 saturated carbocycles. The quantitative estimate of drug-likeness (QED) is 0.854. The van der Waals surface area contributed by atoms with E-state index in [4.69, 9.17) is 0 Å². The topological polar surface area (TPSA) is 50.1 Å².